The largest absolute Gasteiger partial charge is 0.299 e. The van der Waals surface area contributed by atoms with Crippen molar-refractivity contribution < 1.29 is 0 Å². The van der Waals surface area contributed by atoms with Crippen molar-refractivity contribution in [3.8, 4) is 0 Å². The summed E-state index contributed by atoms with van der Waals surface area (Å²) in [5.41, 5.74) is 1.43. The average Bonchev–Trinajstić information content (AvgIpc) is 2.69. The Morgan fingerprint density at radius 1 is 0.963 bits per heavy atom. The lowest BCUT2D eigenvalue weighted by molar-refractivity contribution is 0.157. The molecule has 0 radical (unpaired) electrons. The van der Waals surface area contributed by atoms with Crippen LogP contribution in [0.1, 0.15) is 18.4 Å². The van der Waals surface area contributed by atoms with E-state index in [-0.39, 0.29) is 0 Å². The fourth-order valence-corrected chi connectivity index (χ4v) is 5.04. The Kier molecular flexibility index (Phi) is 6.13. The molecule has 1 fully saturated rings. The van der Waals surface area contributed by atoms with E-state index in [0.29, 0.717) is 0 Å². The van der Waals surface area contributed by atoms with Crippen LogP contribution in [0.25, 0.3) is 10.8 Å². The summed E-state index contributed by atoms with van der Waals surface area (Å²) < 4.78 is 2.42. The van der Waals surface area contributed by atoms with Crippen LogP contribution in [0.4, 0.5) is 0 Å². The lowest BCUT2D eigenvalue weighted by Crippen LogP contribution is -2.38. The summed E-state index contributed by atoms with van der Waals surface area (Å²) in [7, 11) is 2.23. The molecule has 0 bridgehead atoms. The molecule has 1 unspecified atom stereocenters. The molecule has 0 spiro atoms. The van der Waals surface area contributed by atoms with E-state index < -0.39 is 0 Å². The molecule has 1 aliphatic rings. The molecular weight excluding hydrogens is 348 g/mol. The first kappa shape index (κ1) is 18.5. The molecule has 1 heterocycles. The number of nitrogens with zero attached hydrogens (tertiary/aromatic N) is 2. The molecule has 140 valence electrons. The van der Waals surface area contributed by atoms with Crippen molar-refractivity contribution in [2.24, 2.45) is 5.92 Å². The minimum absolute atomic E-state index is 0.750. The molecule has 3 aromatic carbocycles. The molecule has 3 aromatic rings. The summed E-state index contributed by atoms with van der Waals surface area (Å²) in [5.74, 6) is 0.750. The third-order valence-corrected chi connectivity index (χ3v) is 6.28. The number of hydrogen-bond acceptors (Lipinski definition) is 3. The Hall–Kier alpha value is -1.81. The maximum atomic E-state index is 2.62. The van der Waals surface area contributed by atoms with Crippen molar-refractivity contribution in [1.82, 2.24) is 9.21 Å². The van der Waals surface area contributed by atoms with Gasteiger partial charge in [0.05, 0.1) is 0 Å². The normalized spacial score (nSPS) is 18.2. The van der Waals surface area contributed by atoms with Gasteiger partial charge in [-0.25, -0.2) is 4.31 Å². The zero-order valence-electron chi connectivity index (χ0n) is 16.1. The second kappa shape index (κ2) is 8.92. The second-order valence-corrected chi connectivity index (χ2v) is 8.92. The Morgan fingerprint density at radius 3 is 2.59 bits per heavy atom. The van der Waals surface area contributed by atoms with E-state index in [4.69, 9.17) is 0 Å². The molecule has 0 saturated carbocycles. The number of likely N-dealkylation sites (tertiary alicyclic amines) is 1. The van der Waals surface area contributed by atoms with Gasteiger partial charge in [0.15, 0.2) is 0 Å². The number of hydrogen-bond donors (Lipinski definition) is 0. The van der Waals surface area contributed by atoms with Crippen molar-refractivity contribution in [3.63, 3.8) is 0 Å². The Balaban J connectivity index is 1.32. The molecule has 1 atom stereocenters. The predicted molar refractivity (Wildman–Crippen MR) is 117 cm³/mol. The molecule has 3 heteroatoms. The van der Waals surface area contributed by atoms with Gasteiger partial charge < -0.3 is 0 Å². The van der Waals surface area contributed by atoms with Crippen LogP contribution in [0.15, 0.2) is 77.7 Å². The van der Waals surface area contributed by atoms with Crippen molar-refractivity contribution in [1.29, 1.82) is 0 Å². The molecule has 2 nitrogen and oxygen atoms in total. The molecular formula is C24H28N2S. The van der Waals surface area contributed by atoms with Gasteiger partial charge in [-0.1, -0.05) is 60.7 Å². The van der Waals surface area contributed by atoms with E-state index in [2.05, 4.69) is 89.0 Å². The topological polar surface area (TPSA) is 6.48 Å². The quantitative estimate of drug-likeness (QED) is 0.510. The Morgan fingerprint density at radius 2 is 1.74 bits per heavy atom. The first-order valence-electron chi connectivity index (χ1n) is 9.90. The van der Waals surface area contributed by atoms with Gasteiger partial charge in [-0.15, -0.1) is 0 Å². The van der Waals surface area contributed by atoms with Crippen LogP contribution in [-0.2, 0) is 6.54 Å². The summed E-state index contributed by atoms with van der Waals surface area (Å²) in [6, 6.07) is 26.2. The maximum Gasteiger partial charge on any atom is 0.0236 e. The Labute approximate surface area is 167 Å². The number of rotatable bonds is 6. The molecule has 0 aliphatic carbocycles. The molecule has 0 N–H and O–H groups in total. The van der Waals surface area contributed by atoms with Crippen LogP contribution in [0.5, 0.6) is 0 Å². The fraction of sp³-hybridized carbons (Fsp3) is 0.333. The van der Waals surface area contributed by atoms with Crippen LogP contribution in [0.2, 0.25) is 0 Å². The van der Waals surface area contributed by atoms with Gasteiger partial charge in [-0.05, 0) is 72.8 Å². The highest BCUT2D eigenvalue weighted by atomic mass is 32.2. The standard InChI is InChI=1S/C24H28N2S/c1-25(27-24-14-13-22-11-5-6-12-23(22)16-24)17-21-10-7-15-26(19-21)18-20-8-3-2-4-9-20/h2-6,8-9,11-14,16,21H,7,10,15,17-19H2,1H3. The first-order valence-corrected chi connectivity index (χ1v) is 10.7. The van der Waals surface area contributed by atoms with Crippen molar-refractivity contribution in [2.45, 2.75) is 24.3 Å². The fourth-order valence-electron chi connectivity index (χ4n) is 4.09. The maximum absolute atomic E-state index is 2.62. The monoisotopic (exact) mass is 376 g/mol. The van der Waals surface area contributed by atoms with E-state index in [0.717, 1.165) is 19.0 Å². The predicted octanol–water partition coefficient (Wildman–Crippen LogP) is 5.69. The summed E-state index contributed by atoms with van der Waals surface area (Å²) in [5, 5.41) is 2.64. The summed E-state index contributed by atoms with van der Waals surface area (Å²) in [6.07, 6.45) is 2.65. The lowest BCUT2D eigenvalue weighted by atomic mass is 9.97. The smallest absolute Gasteiger partial charge is 0.0236 e. The molecule has 27 heavy (non-hydrogen) atoms. The second-order valence-electron chi connectivity index (χ2n) is 7.64. The summed E-state index contributed by atoms with van der Waals surface area (Å²) in [6.45, 7) is 4.66. The van der Waals surface area contributed by atoms with Crippen LogP contribution in [-0.4, -0.2) is 35.9 Å². The van der Waals surface area contributed by atoms with E-state index in [1.807, 2.05) is 11.9 Å². The number of piperidine rings is 1. The van der Waals surface area contributed by atoms with Gasteiger partial charge in [-0.3, -0.25) is 4.90 Å². The van der Waals surface area contributed by atoms with E-state index in [1.54, 1.807) is 0 Å². The van der Waals surface area contributed by atoms with Crippen molar-refractivity contribution in [2.75, 3.05) is 26.7 Å². The third-order valence-electron chi connectivity index (χ3n) is 5.35. The van der Waals surface area contributed by atoms with Gasteiger partial charge in [-0.2, -0.15) is 0 Å². The molecule has 1 aliphatic heterocycles. The average molecular weight is 377 g/mol. The molecule has 1 saturated heterocycles. The Bertz CT molecular complexity index is 864. The SMILES string of the molecule is CN(CC1CCCN(Cc2ccccc2)C1)Sc1ccc2ccccc2c1. The molecule has 0 amide bonds. The van der Waals surface area contributed by atoms with Gasteiger partial charge in [0.1, 0.15) is 0 Å². The number of benzene rings is 3. The van der Waals surface area contributed by atoms with Crippen LogP contribution in [0, 0.1) is 5.92 Å². The van der Waals surface area contributed by atoms with Crippen molar-refractivity contribution in [3.05, 3.63) is 78.4 Å². The van der Waals surface area contributed by atoms with E-state index in [9.17, 15) is 0 Å². The van der Waals surface area contributed by atoms with E-state index in [1.165, 1.54) is 47.2 Å². The van der Waals surface area contributed by atoms with Crippen molar-refractivity contribution >= 4 is 22.7 Å². The van der Waals surface area contributed by atoms with Gasteiger partial charge in [0.25, 0.3) is 0 Å². The van der Waals surface area contributed by atoms with Crippen LogP contribution < -0.4 is 0 Å². The van der Waals surface area contributed by atoms with Gasteiger partial charge >= 0.3 is 0 Å². The summed E-state index contributed by atoms with van der Waals surface area (Å²) >= 11 is 1.87. The zero-order chi connectivity index (χ0) is 18.5. The molecule has 0 aromatic heterocycles. The van der Waals surface area contributed by atoms with Gasteiger partial charge in [0, 0.05) is 24.5 Å². The minimum atomic E-state index is 0.750. The molecule has 4 rings (SSSR count). The van der Waals surface area contributed by atoms with Crippen LogP contribution in [0.3, 0.4) is 0 Å². The van der Waals surface area contributed by atoms with Crippen LogP contribution >= 0.6 is 11.9 Å². The minimum Gasteiger partial charge on any atom is -0.299 e. The first-order chi connectivity index (χ1) is 13.3. The lowest BCUT2D eigenvalue weighted by Gasteiger charge is -2.34. The highest BCUT2D eigenvalue weighted by molar-refractivity contribution is 7.97. The van der Waals surface area contributed by atoms with E-state index >= 15 is 0 Å². The zero-order valence-corrected chi connectivity index (χ0v) is 16.9. The third kappa shape index (κ3) is 5.13. The highest BCUT2D eigenvalue weighted by Crippen LogP contribution is 2.28. The number of fused-ring (bicyclic) bond motifs is 1. The van der Waals surface area contributed by atoms with Gasteiger partial charge in [0.2, 0.25) is 0 Å². The highest BCUT2D eigenvalue weighted by Gasteiger charge is 2.21. The summed E-state index contributed by atoms with van der Waals surface area (Å²) in [4.78, 5) is 3.95.